The van der Waals surface area contributed by atoms with E-state index in [0.29, 0.717) is 0 Å². The van der Waals surface area contributed by atoms with Gasteiger partial charge in [-0.3, -0.25) is 0 Å². The average molecular weight is 279 g/mol. The summed E-state index contributed by atoms with van der Waals surface area (Å²) in [6.45, 7) is 2.99. The maximum absolute atomic E-state index is 13.4. The number of benzene rings is 1. The average Bonchev–Trinajstić information content (AvgIpc) is 2.88. The molecule has 19 heavy (non-hydrogen) atoms. The second-order valence-electron chi connectivity index (χ2n) is 4.30. The SMILES string of the molecule is CCCNC(c1cccc(F)c1)c1sccc1OC. The highest BCUT2D eigenvalue weighted by molar-refractivity contribution is 7.10. The zero-order chi connectivity index (χ0) is 13.7. The molecule has 0 aliphatic heterocycles. The predicted octanol–water partition coefficient (Wildman–Crippen LogP) is 3.98. The standard InChI is InChI=1S/C15H18FNOS/c1-3-8-17-14(11-5-4-6-12(16)10-11)15-13(18-2)7-9-19-15/h4-7,9-10,14,17H,3,8H2,1-2H3. The molecule has 1 N–H and O–H groups in total. The van der Waals surface area contributed by atoms with Gasteiger partial charge >= 0.3 is 0 Å². The molecule has 2 aromatic rings. The molecule has 1 heterocycles. The van der Waals surface area contributed by atoms with Crippen LogP contribution < -0.4 is 10.1 Å². The van der Waals surface area contributed by atoms with Gasteiger partial charge in [-0.2, -0.15) is 0 Å². The summed E-state index contributed by atoms with van der Waals surface area (Å²) < 4.78 is 18.8. The summed E-state index contributed by atoms with van der Waals surface area (Å²) in [5.74, 6) is 0.638. The minimum atomic E-state index is -0.212. The molecule has 2 rings (SSSR count). The fourth-order valence-electron chi connectivity index (χ4n) is 2.03. The third kappa shape index (κ3) is 3.33. The molecule has 0 fully saturated rings. The van der Waals surface area contributed by atoms with Crippen LogP contribution in [-0.4, -0.2) is 13.7 Å². The smallest absolute Gasteiger partial charge is 0.134 e. The van der Waals surface area contributed by atoms with Gasteiger partial charge in [0, 0.05) is 0 Å². The number of ether oxygens (including phenoxy) is 1. The fraction of sp³-hybridized carbons (Fsp3) is 0.333. The normalized spacial score (nSPS) is 12.4. The van der Waals surface area contributed by atoms with E-state index in [0.717, 1.165) is 29.2 Å². The molecule has 1 unspecified atom stereocenters. The van der Waals surface area contributed by atoms with E-state index in [-0.39, 0.29) is 11.9 Å². The van der Waals surface area contributed by atoms with Gasteiger partial charge in [0.2, 0.25) is 0 Å². The Morgan fingerprint density at radius 1 is 1.37 bits per heavy atom. The highest BCUT2D eigenvalue weighted by atomic mass is 32.1. The van der Waals surface area contributed by atoms with E-state index in [2.05, 4.69) is 12.2 Å². The third-order valence-electron chi connectivity index (χ3n) is 2.92. The number of hydrogen-bond donors (Lipinski definition) is 1. The van der Waals surface area contributed by atoms with Crippen molar-refractivity contribution < 1.29 is 9.13 Å². The molecule has 102 valence electrons. The van der Waals surface area contributed by atoms with Crippen molar-refractivity contribution >= 4 is 11.3 Å². The van der Waals surface area contributed by atoms with E-state index in [1.54, 1.807) is 30.6 Å². The Hall–Kier alpha value is -1.39. The van der Waals surface area contributed by atoms with Crippen molar-refractivity contribution in [3.8, 4) is 5.75 Å². The van der Waals surface area contributed by atoms with Crippen molar-refractivity contribution in [3.63, 3.8) is 0 Å². The molecule has 1 aromatic heterocycles. The van der Waals surface area contributed by atoms with Crippen LogP contribution in [0.3, 0.4) is 0 Å². The lowest BCUT2D eigenvalue weighted by molar-refractivity contribution is 0.407. The van der Waals surface area contributed by atoms with Crippen LogP contribution in [-0.2, 0) is 0 Å². The Balaban J connectivity index is 2.35. The van der Waals surface area contributed by atoms with Gasteiger partial charge in [-0.05, 0) is 42.1 Å². The van der Waals surface area contributed by atoms with Crippen molar-refractivity contribution in [1.29, 1.82) is 0 Å². The Bertz CT molecular complexity index is 526. The molecular weight excluding hydrogens is 261 g/mol. The number of nitrogens with one attached hydrogen (secondary N) is 1. The molecule has 0 aliphatic carbocycles. The summed E-state index contributed by atoms with van der Waals surface area (Å²) in [5.41, 5.74) is 0.925. The van der Waals surface area contributed by atoms with Crippen LogP contribution in [0.5, 0.6) is 5.75 Å². The van der Waals surface area contributed by atoms with Gasteiger partial charge in [0.25, 0.3) is 0 Å². The first-order chi connectivity index (χ1) is 9.26. The minimum absolute atomic E-state index is 0.0226. The van der Waals surface area contributed by atoms with Crippen LogP contribution in [0.4, 0.5) is 4.39 Å². The van der Waals surface area contributed by atoms with Crippen molar-refractivity contribution in [3.05, 3.63) is 52.0 Å². The summed E-state index contributed by atoms with van der Waals surface area (Å²) in [6, 6.07) is 8.64. The zero-order valence-corrected chi connectivity index (χ0v) is 12.0. The van der Waals surface area contributed by atoms with E-state index < -0.39 is 0 Å². The van der Waals surface area contributed by atoms with Crippen LogP contribution in [0.25, 0.3) is 0 Å². The summed E-state index contributed by atoms with van der Waals surface area (Å²) in [5, 5.41) is 5.45. The monoisotopic (exact) mass is 279 g/mol. The highest BCUT2D eigenvalue weighted by Crippen LogP contribution is 2.34. The maximum Gasteiger partial charge on any atom is 0.134 e. The number of halogens is 1. The van der Waals surface area contributed by atoms with E-state index in [1.165, 1.54) is 6.07 Å². The molecule has 1 atom stereocenters. The molecule has 0 aliphatic rings. The van der Waals surface area contributed by atoms with Crippen LogP contribution in [0.1, 0.15) is 29.8 Å². The van der Waals surface area contributed by atoms with Gasteiger partial charge in [-0.25, -0.2) is 4.39 Å². The lowest BCUT2D eigenvalue weighted by Gasteiger charge is -2.19. The molecule has 1 aromatic carbocycles. The van der Waals surface area contributed by atoms with Crippen LogP contribution in [0, 0.1) is 5.82 Å². The quantitative estimate of drug-likeness (QED) is 0.863. The molecular formula is C15H18FNOS. The zero-order valence-electron chi connectivity index (χ0n) is 11.2. The van der Waals surface area contributed by atoms with Crippen molar-refractivity contribution in [2.24, 2.45) is 0 Å². The van der Waals surface area contributed by atoms with E-state index in [9.17, 15) is 4.39 Å². The minimum Gasteiger partial charge on any atom is -0.496 e. The highest BCUT2D eigenvalue weighted by Gasteiger charge is 2.19. The topological polar surface area (TPSA) is 21.3 Å². The first kappa shape index (κ1) is 14.0. The largest absolute Gasteiger partial charge is 0.496 e. The molecule has 0 bridgehead atoms. The van der Waals surface area contributed by atoms with Crippen molar-refractivity contribution in [1.82, 2.24) is 5.32 Å². The van der Waals surface area contributed by atoms with Crippen LogP contribution in [0.2, 0.25) is 0 Å². The summed E-state index contributed by atoms with van der Waals surface area (Å²) in [6.07, 6.45) is 1.03. The van der Waals surface area contributed by atoms with Crippen LogP contribution in [0.15, 0.2) is 35.7 Å². The molecule has 0 amide bonds. The Labute approximate surface area is 117 Å². The van der Waals surface area contributed by atoms with Crippen molar-refractivity contribution in [2.45, 2.75) is 19.4 Å². The van der Waals surface area contributed by atoms with Gasteiger partial charge in [0.15, 0.2) is 0 Å². The molecule has 0 radical (unpaired) electrons. The molecule has 4 heteroatoms. The summed E-state index contributed by atoms with van der Waals surface area (Å²) >= 11 is 1.62. The van der Waals surface area contributed by atoms with Gasteiger partial charge in [-0.1, -0.05) is 19.1 Å². The third-order valence-corrected chi connectivity index (χ3v) is 3.88. The van der Waals surface area contributed by atoms with E-state index >= 15 is 0 Å². The molecule has 0 spiro atoms. The van der Waals surface area contributed by atoms with Gasteiger partial charge in [0.05, 0.1) is 18.0 Å². The Morgan fingerprint density at radius 2 is 2.21 bits per heavy atom. The molecule has 0 saturated heterocycles. The predicted molar refractivity (Wildman–Crippen MR) is 77.4 cm³/mol. The van der Waals surface area contributed by atoms with E-state index in [4.69, 9.17) is 4.74 Å². The first-order valence-electron chi connectivity index (χ1n) is 6.36. The second kappa shape index (κ2) is 6.68. The van der Waals surface area contributed by atoms with Crippen LogP contribution >= 0.6 is 11.3 Å². The Morgan fingerprint density at radius 3 is 2.89 bits per heavy atom. The van der Waals surface area contributed by atoms with Gasteiger partial charge in [-0.15, -0.1) is 11.3 Å². The second-order valence-corrected chi connectivity index (χ2v) is 5.24. The summed E-state index contributed by atoms with van der Waals surface area (Å²) in [7, 11) is 1.66. The summed E-state index contributed by atoms with van der Waals surface area (Å²) in [4.78, 5) is 1.08. The first-order valence-corrected chi connectivity index (χ1v) is 7.24. The van der Waals surface area contributed by atoms with E-state index in [1.807, 2.05) is 17.5 Å². The Kier molecular flexibility index (Phi) is 4.93. The number of thiophene rings is 1. The van der Waals surface area contributed by atoms with Gasteiger partial charge in [0.1, 0.15) is 11.6 Å². The lowest BCUT2D eigenvalue weighted by atomic mass is 10.0. The van der Waals surface area contributed by atoms with Crippen molar-refractivity contribution in [2.75, 3.05) is 13.7 Å². The molecule has 2 nitrogen and oxygen atoms in total. The number of hydrogen-bond acceptors (Lipinski definition) is 3. The van der Waals surface area contributed by atoms with Gasteiger partial charge < -0.3 is 10.1 Å². The maximum atomic E-state index is 13.4. The number of rotatable bonds is 6. The number of methoxy groups -OCH3 is 1. The lowest BCUT2D eigenvalue weighted by Crippen LogP contribution is -2.22. The fourth-order valence-corrected chi connectivity index (χ4v) is 2.99. The molecule has 0 saturated carbocycles.